The molecule has 0 atom stereocenters. The average molecular weight is 427 g/mol. The van der Waals surface area contributed by atoms with E-state index in [1.807, 2.05) is 13.8 Å². The van der Waals surface area contributed by atoms with E-state index >= 15 is 0 Å². The summed E-state index contributed by atoms with van der Waals surface area (Å²) in [7, 11) is 0. The van der Waals surface area contributed by atoms with Gasteiger partial charge in [0.15, 0.2) is 5.78 Å². The van der Waals surface area contributed by atoms with Crippen molar-refractivity contribution in [3.05, 3.63) is 58.3 Å². The molecule has 0 fully saturated rings. The monoisotopic (exact) mass is 427 g/mol. The summed E-state index contributed by atoms with van der Waals surface area (Å²) in [6, 6.07) is 4.11. The van der Waals surface area contributed by atoms with Crippen LogP contribution < -0.4 is 0 Å². The Hall–Kier alpha value is -3.29. The maximum atomic E-state index is 13.7. The number of nitrogens with zero attached hydrogens (tertiary/aromatic N) is 2. The first-order valence-electron chi connectivity index (χ1n) is 10.0. The van der Waals surface area contributed by atoms with Gasteiger partial charge in [-0.15, -0.1) is 0 Å². The molecule has 0 radical (unpaired) electrons. The number of carbonyl (C=O) groups is 3. The van der Waals surface area contributed by atoms with Crippen LogP contribution in [-0.4, -0.2) is 45.4 Å². The molecule has 0 saturated heterocycles. The minimum atomic E-state index is -0.718. The fourth-order valence-electron chi connectivity index (χ4n) is 3.72. The van der Waals surface area contributed by atoms with Crippen molar-refractivity contribution < 1.29 is 23.5 Å². The lowest BCUT2D eigenvalue weighted by Crippen LogP contribution is -2.37. The van der Waals surface area contributed by atoms with Crippen molar-refractivity contribution in [2.75, 3.05) is 6.54 Å². The smallest absolute Gasteiger partial charge is 0.342 e. The van der Waals surface area contributed by atoms with E-state index in [0.717, 1.165) is 0 Å². The van der Waals surface area contributed by atoms with Gasteiger partial charge in [-0.05, 0) is 44.5 Å². The highest BCUT2D eigenvalue weighted by Gasteiger charge is 2.39. The van der Waals surface area contributed by atoms with E-state index in [4.69, 9.17) is 4.74 Å². The van der Waals surface area contributed by atoms with Crippen molar-refractivity contribution in [3.63, 3.8) is 0 Å². The molecule has 1 aliphatic heterocycles. The standard InChI is InChI=1S/C23H26FN3O4/c1-12(2)31-22(30)16-10-27(21(29)15-7-8-17(24)13(3)9-15)11-23(5,6)18-19(14(4)28)25-26-20(16)18/h7-10,12H,11H2,1-6H3,(H,25,26). The summed E-state index contributed by atoms with van der Waals surface area (Å²) < 4.78 is 19.1. The number of amides is 1. The van der Waals surface area contributed by atoms with Gasteiger partial charge >= 0.3 is 5.97 Å². The summed E-state index contributed by atoms with van der Waals surface area (Å²) >= 11 is 0. The molecule has 0 saturated carbocycles. The first kappa shape index (κ1) is 22.4. The lowest BCUT2D eigenvalue weighted by Gasteiger charge is -2.29. The number of rotatable bonds is 4. The van der Waals surface area contributed by atoms with E-state index in [9.17, 15) is 18.8 Å². The van der Waals surface area contributed by atoms with Crippen molar-refractivity contribution in [2.45, 2.75) is 53.1 Å². The zero-order valence-corrected chi connectivity index (χ0v) is 18.5. The van der Waals surface area contributed by atoms with Crippen LogP contribution in [0.1, 0.15) is 72.3 Å². The molecular weight excluding hydrogens is 401 g/mol. The molecule has 0 spiro atoms. The summed E-state index contributed by atoms with van der Waals surface area (Å²) in [4.78, 5) is 39.8. The van der Waals surface area contributed by atoms with E-state index in [2.05, 4.69) is 10.2 Å². The van der Waals surface area contributed by atoms with E-state index < -0.39 is 23.1 Å². The second-order valence-corrected chi connectivity index (χ2v) is 8.66. The molecule has 31 heavy (non-hydrogen) atoms. The summed E-state index contributed by atoms with van der Waals surface area (Å²) in [5.74, 6) is -1.68. The Bertz CT molecular complexity index is 1100. The van der Waals surface area contributed by atoms with Crippen molar-refractivity contribution in [3.8, 4) is 0 Å². The maximum absolute atomic E-state index is 13.7. The molecule has 164 valence electrons. The number of Topliss-reactive ketones (excluding diaryl/α,β-unsaturated/α-hetero) is 1. The summed E-state index contributed by atoms with van der Waals surface area (Å²) in [6.45, 7) is 10.3. The van der Waals surface area contributed by atoms with Gasteiger partial charge in [0.25, 0.3) is 5.91 Å². The van der Waals surface area contributed by atoms with Gasteiger partial charge in [-0.25, -0.2) is 9.18 Å². The van der Waals surface area contributed by atoms with Crippen LogP contribution in [0.3, 0.4) is 0 Å². The van der Waals surface area contributed by atoms with E-state index in [-0.39, 0.29) is 41.0 Å². The molecule has 1 aliphatic rings. The lowest BCUT2D eigenvalue weighted by molar-refractivity contribution is -0.140. The number of hydrogen-bond donors (Lipinski definition) is 1. The van der Waals surface area contributed by atoms with E-state index in [1.165, 1.54) is 36.2 Å². The first-order valence-corrected chi connectivity index (χ1v) is 10.0. The molecular formula is C23H26FN3O4. The molecule has 2 heterocycles. The average Bonchev–Trinajstić information content (AvgIpc) is 3.07. The van der Waals surface area contributed by atoms with Crippen LogP contribution in [0.2, 0.25) is 0 Å². The SMILES string of the molecule is CC(=O)c1[nH]nc2c1C(C)(C)CN(C(=O)c1ccc(F)c(C)c1)C=C2C(=O)OC(C)C. The number of fused-ring (bicyclic) bond motifs is 1. The summed E-state index contributed by atoms with van der Waals surface area (Å²) in [6.07, 6.45) is 1.02. The Morgan fingerprint density at radius 2 is 1.94 bits per heavy atom. The summed E-state index contributed by atoms with van der Waals surface area (Å²) in [5, 5.41) is 6.97. The topological polar surface area (TPSA) is 92.4 Å². The maximum Gasteiger partial charge on any atom is 0.342 e. The molecule has 8 heteroatoms. The Labute approximate surface area is 180 Å². The molecule has 1 N–H and O–H groups in total. The number of halogens is 1. The largest absolute Gasteiger partial charge is 0.459 e. The number of hydrogen-bond acceptors (Lipinski definition) is 5. The van der Waals surface area contributed by atoms with Gasteiger partial charge in [-0.3, -0.25) is 14.7 Å². The van der Waals surface area contributed by atoms with Crippen LogP contribution in [0.15, 0.2) is 24.4 Å². The molecule has 7 nitrogen and oxygen atoms in total. The second-order valence-electron chi connectivity index (χ2n) is 8.66. The highest BCUT2D eigenvalue weighted by molar-refractivity contribution is 6.17. The van der Waals surface area contributed by atoms with Crippen LogP contribution in [0, 0.1) is 12.7 Å². The number of ether oxygens (including phenoxy) is 1. The van der Waals surface area contributed by atoms with Crippen molar-refractivity contribution in [1.29, 1.82) is 0 Å². The van der Waals surface area contributed by atoms with Gasteiger partial charge in [0.1, 0.15) is 22.8 Å². The molecule has 0 bridgehead atoms. The zero-order valence-electron chi connectivity index (χ0n) is 18.5. The quantitative estimate of drug-likeness (QED) is 0.592. The Morgan fingerprint density at radius 3 is 2.52 bits per heavy atom. The Kier molecular flexibility index (Phi) is 5.85. The number of H-pyrrole nitrogens is 1. The molecule has 1 aromatic heterocycles. The minimum absolute atomic E-state index is 0.0743. The van der Waals surface area contributed by atoms with E-state index in [0.29, 0.717) is 11.1 Å². The Balaban J connectivity index is 2.16. The van der Waals surface area contributed by atoms with Gasteiger partial charge in [0.2, 0.25) is 0 Å². The van der Waals surface area contributed by atoms with Crippen molar-refractivity contribution in [1.82, 2.24) is 15.1 Å². The number of aromatic amines is 1. The van der Waals surface area contributed by atoms with Crippen LogP contribution in [-0.2, 0) is 14.9 Å². The van der Waals surface area contributed by atoms with Gasteiger partial charge < -0.3 is 9.64 Å². The number of aryl methyl sites for hydroxylation is 1. The van der Waals surface area contributed by atoms with Crippen LogP contribution in [0.25, 0.3) is 5.57 Å². The van der Waals surface area contributed by atoms with Gasteiger partial charge in [-0.1, -0.05) is 13.8 Å². The number of aromatic nitrogens is 2. The van der Waals surface area contributed by atoms with Crippen LogP contribution in [0.5, 0.6) is 0 Å². The van der Waals surface area contributed by atoms with Gasteiger partial charge in [-0.2, -0.15) is 5.10 Å². The Morgan fingerprint density at radius 1 is 1.26 bits per heavy atom. The fourth-order valence-corrected chi connectivity index (χ4v) is 3.72. The van der Waals surface area contributed by atoms with Gasteiger partial charge in [0, 0.05) is 36.2 Å². The minimum Gasteiger partial charge on any atom is -0.459 e. The molecule has 2 aromatic rings. The highest BCUT2D eigenvalue weighted by atomic mass is 19.1. The van der Waals surface area contributed by atoms with Crippen molar-refractivity contribution >= 4 is 23.2 Å². The number of esters is 1. The molecule has 1 amide bonds. The number of ketones is 1. The number of carbonyl (C=O) groups excluding carboxylic acids is 3. The normalized spacial score (nSPS) is 15.2. The second kappa shape index (κ2) is 8.09. The predicted octanol–water partition coefficient (Wildman–Crippen LogP) is 3.79. The third-order valence-electron chi connectivity index (χ3n) is 5.13. The predicted molar refractivity (Wildman–Crippen MR) is 113 cm³/mol. The van der Waals surface area contributed by atoms with Crippen molar-refractivity contribution in [2.24, 2.45) is 0 Å². The highest BCUT2D eigenvalue weighted by Crippen LogP contribution is 2.37. The fraction of sp³-hybridized carbons (Fsp3) is 0.391. The third kappa shape index (κ3) is 4.28. The summed E-state index contributed by atoms with van der Waals surface area (Å²) in [5.41, 5.74) is 1.11. The van der Waals surface area contributed by atoms with Crippen LogP contribution in [0.4, 0.5) is 4.39 Å². The van der Waals surface area contributed by atoms with Gasteiger partial charge in [0.05, 0.1) is 6.10 Å². The zero-order chi connectivity index (χ0) is 23.1. The number of benzene rings is 1. The number of nitrogens with one attached hydrogen (secondary N) is 1. The molecule has 0 aliphatic carbocycles. The molecule has 3 rings (SSSR count). The molecule has 1 aromatic carbocycles. The third-order valence-corrected chi connectivity index (χ3v) is 5.13. The molecule has 0 unspecified atom stereocenters. The van der Waals surface area contributed by atoms with E-state index in [1.54, 1.807) is 20.8 Å². The van der Waals surface area contributed by atoms with Crippen LogP contribution >= 0.6 is 0 Å². The lowest BCUT2D eigenvalue weighted by atomic mass is 9.81. The first-order chi connectivity index (χ1) is 14.4.